The lowest BCUT2D eigenvalue weighted by atomic mass is 9.86. The first kappa shape index (κ1) is 25.0. The molecule has 0 aliphatic carbocycles. The van der Waals surface area contributed by atoms with Gasteiger partial charge in [-0.1, -0.05) is 74.3 Å². The van der Waals surface area contributed by atoms with Crippen LogP contribution in [0.4, 0.5) is 0 Å². The largest absolute Gasteiger partial charge is 0.480 e. The van der Waals surface area contributed by atoms with E-state index in [0.29, 0.717) is 5.56 Å². The molecule has 0 saturated heterocycles. The lowest BCUT2D eigenvalue weighted by Crippen LogP contribution is -2.23. The molecule has 0 bridgehead atoms. The second-order valence-electron chi connectivity index (χ2n) is 8.78. The van der Waals surface area contributed by atoms with Gasteiger partial charge in [-0.25, -0.2) is 4.68 Å². The lowest BCUT2D eigenvalue weighted by molar-refractivity contribution is 0.132. The second kappa shape index (κ2) is 9.67. The molecule has 3 aromatic rings. The molecule has 1 heterocycles. The predicted octanol–water partition coefficient (Wildman–Crippen LogP) is 4.57. The van der Waals surface area contributed by atoms with E-state index in [1.165, 1.54) is 25.4 Å². The van der Waals surface area contributed by atoms with Gasteiger partial charge in [0, 0.05) is 7.05 Å². The van der Waals surface area contributed by atoms with Crippen LogP contribution < -0.4 is 10.3 Å². The summed E-state index contributed by atoms with van der Waals surface area (Å²) in [7, 11) is -2.55. The van der Waals surface area contributed by atoms with Gasteiger partial charge in [-0.2, -0.15) is 13.5 Å². The SMILES string of the molecule is Cc1ccc(S(=O)(=O)OCC(Oc2cnn(C)c(=O)c2Cl)c2ccc(C(C)(C)C)cc2)cc1. The first-order valence-electron chi connectivity index (χ1n) is 10.3. The van der Waals surface area contributed by atoms with E-state index < -0.39 is 21.8 Å². The van der Waals surface area contributed by atoms with Gasteiger partial charge in [-0.05, 0) is 35.6 Å². The monoisotopic (exact) mass is 490 g/mol. The molecule has 0 fully saturated rings. The highest BCUT2D eigenvalue weighted by Crippen LogP contribution is 2.29. The van der Waals surface area contributed by atoms with Crippen LogP contribution in [0.2, 0.25) is 5.02 Å². The number of hydrogen-bond acceptors (Lipinski definition) is 6. The highest BCUT2D eigenvalue weighted by atomic mass is 35.5. The highest BCUT2D eigenvalue weighted by molar-refractivity contribution is 7.86. The Morgan fingerprint density at radius 1 is 1.06 bits per heavy atom. The highest BCUT2D eigenvalue weighted by Gasteiger charge is 2.23. The number of benzene rings is 2. The quantitative estimate of drug-likeness (QED) is 0.451. The average Bonchev–Trinajstić information content (AvgIpc) is 2.76. The molecule has 176 valence electrons. The van der Waals surface area contributed by atoms with Gasteiger partial charge in [0.1, 0.15) is 12.7 Å². The van der Waals surface area contributed by atoms with E-state index in [1.54, 1.807) is 12.1 Å². The Hall–Kier alpha value is -2.68. The third-order valence-electron chi connectivity index (χ3n) is 5.15. The minimum absolute atomic E-state index is 0.0426. The van der Waals surface area contributed by atoms with Crippen molar-refractivity contribution in [3.63, 3.8) is 0 Å². The Morgan fingerprint density at radius 2 is 1.67 bits per heavy atom. The summed E-state index contributed by atoms with van der Waals surface area (Å²) in [5.41, 5.74) is 2.12. The summed E-state index contributed by atoms with van der Waals surface area (Å²) in [4.78, 5) is 12.2. The summed E-state index contributed by atoms with van der Waals surface area (Å²) in [5.74, 6) is 0.0426. The van der Waals surface area contributed by atoms with Gasteiger partial charge >= 0.3 is 0 Å². The molecule has 0 N–H and O–H groups in total. The number of rotatable bonds is 7. The fourth-order valence-corrected chi connectivity index (χ4v) is 4.18. The molecule has 0 saturated carbocycles. The molecule has 1 atom stereocenters. The van der Waals surface area contributed by atoms with E-state index in [2.05, 4.69) is 25.9 Å². The second-order valence-corrected chi connectivity index (χ2v) is 10.8. The van der Waals surface area contributed by atoms with Crippen molar-refractivity contribution < 1.29 is 17.3 Å². The lowest BCUT2D eigenvalue weighted by Gasteiger charge is -2.23. The molecule has 33 heavy (non-hydrogen) atoms. The molecule has 2 aromatic carbocycles. The fraction of sp³-hybridized carbons (Fsp3) is 0.333. The maximum atomic E-state index is 12.7. The van der Waals surface area contributed by atoms with Crippen molar-refractivity contribution in [1.82, 2.24) is 9.78 Å². The van der Waals surface area contributed by atoms with Crippen molar-refractivity contribution in [3.8, 4) is 5.75 Å². The number of aryl methyl sites for hydroxylation is 2. The normalized spacial score (nSPS) is 13.0. The number of nitrogens with zero attached hydrogens (tertiary/aromatic N) is 2. The minimum Gasteiger partial charge on any atom is -0.480 e. The van der Waals surface area contributed by atoms with Crippen LogP contribution in [0.25, 0.3) is 0 Å². The Labute approximate surface area is 199 Å². The maximum Gasteiger partial charge on any atom is 0.297 e. The molecule has 3 rings (SSSR count). The summed E-state index contributed by atoms with van der Waals surface area (Å²) < 4.78 is 37.8. The van der Waals surface area contributed by atoms with Crippen LogP contribution in [0.15, 0.2) is 64.4 Å². The van der Waals surface area contributed by atoms with Gasteiger partial charge < -0.3 is 4.74 Å². The summed E-state index contributed by atoms with van der Waals surface area (Å²) >= 11 is 6.16. The van der Waals surface area contributed by atoms with Crippen LogP contribution in [-0.2, 0) is 26.8 Å². The molecule has 0 spiro atoms. The molecule has 1 unspecified atom stereocenters. The topological polar surface area (TPSA) is 87.5 Å². The van der Waals surface area contributed by atoms with Crippen molar-refractivity contribution in [2.24, 2.45) is 7.05 Å². The van der Waals surface area contributed by atoms with Crippen LogP contribution in [0.3, 0.4) is 0 Å². The minimum atomic E-state index is -4.02. The zero-order chi connectivity index (χ0) is 24.4. The third kappa shape index (κ3) is 6.01. The van der Waals surface area contributed by atoms with Crippen molar-refractivity contribution >= 4 is 21.7 Å². The molecular weight excluding hydrogens is 464 g/mol. The zero-order valence-electron chi connectivity index (χ0n) is 19.2. The molecule has 0 amide bonds. The predicted molar refractivity (Wildman–Crippen MR) is 127 cm³/mol. The summed E-state index contributed by atoms with van der Waals surface area (Å²) in [5, 5.41) is 3.79. The maximum absolute atomic E-state index is 12.7. The summed E-state index contributed by atoms with van der Waals surface area (Å²) in [6.45, 7) is 7.83. The molecular formula is C24H27ClN2O5S. The summed E-state index contributed by atoms with van der Waals surface area (Å²) in [6, 6.07) is 13.9. The van der Waals surface area contributed by atoms with Crippen molar-refractivity contribution in [3.05, 3.63) is 86.8 Å². The molecule has 0 aliphatic heterocycles. The van der Waals surface area contributed by atoms with Crippen LogP contribution in [0.5, 0.6) is 5.75 Å². The van der Waals surface area contributed by atoms with E-state index in [9.17, 15) is 13.2 Å². The molecule has 9 heteroatoms. The fourth-order valence-electron chi connectivity index (χ4n) is 3.05. The van der Waals surface area contributed by atoms with Crippen LogP contribution in [0.1, 0.15) is 43.6 Å². The van der Waals surface area contributed by atoms with E-state index in [0.717, 1.165) is 15.8 Å². The number of halogens is 1. The van der Waals surface area contributed by atoms with E-state index in [4.69, 9.17) is 20.5 Å². The van der Waals surface area contributed by atoms with Gasteiger partial charge in [-0.15, -0.1) is 0 Å². The van der Waals surface area contributed by atoms with Gasteiger partial charge in [0.2, 0.25) is 0 Å². The third-order valence-corrected chi connectivity index (χ3v) is 6.79. The van der Waals surface area contributed by atoms with E-state index in [-0.39, 0.29) is 27.7 Å². The van der Waals surface area contributed by atoms with E-state index >= 15 is 0 Å². The molecule has 0 radical (unpaired) electrons. The van der Waals surface area contributed by atoms with Crippen molar-refractivity contribution in [2.75, 3.05) is 6.61 Å². The van der Waals surface area contributed by atoms with Gasteiger partial charge in [0.25, 0.3) is 15.7 Å². The van der Waals surface area contributed by atoms with Gasteiger partial charge in [-0.3, -0.25) is 8.98 Å². The van der Waals surface area contributed by atoms with E-state index in [1.807, 2.05) is 31.2 Å². The van der Waals surface area contributed by atoms with Crippen molar-refractivity contribution in [2.45, 2.75) is 44.1 Å². The Bertz CT molecular complexity index is 1280. The van der Waals surface area contributed by atoms with Crippen LogP contribution >= 0.6 is 11.6 Å². The standard InChI is InChI=1S/C24H27ClN2O5S/c1-16-6-12-19(13-7-16)33(29,30)31-15-21(17-8-10-18(11-9-17)24(2,3)4)32-20-14-26-27(5)23(28)22(20)25/h6-14,21H,15H2,1-5H3. The zero-order valence-corrected chi connectivity index (χ0v) is 20.8. The molecule has 7 nitrogen and oxygen atoms in total. The Kier molecular flexibility index (Phi) is 7.31. The van der Waals surface area contributed by atoms with Crippen LogP contribution in [0, 0.1) is 6.92 Å². The number of ether oxygens (including phenoxy) is 1. The van der Waals surface area contributed by atoms with Crippen molar-refractivity contribution in [1.29, 1.82) is 0 Å². The number of hydrogen-bond donors (Lipinski definition) is 0. The van der Waals surface area contributed by atoms with Crippen LogP contribution in [-0.4, -0.2) is 24.8 Å². The number of aromatic nitrogens is 2. The Balaban J connectivity index is 1.92. The first-order chi connectivity index (χ1) is 15.4. The van der Waals surface area contributed by atoms with Gasteiger partial charge in [0.15, 0.2) is 10.8 Å². The molecule has 0 aliphatic rings. The first-order valence-corrected chi connectivity index (χ1v) is 12.1. The average molecular weight is 491 g/mol. The molecule has 1 aromatic heterocycles. The van der Waals surface area contributed by atoms with Gasteiger partial charge in [0.05, 0.1) is 11.1 Å². The summed E-state index contributed by atoms with van der Waals surface area (Å²) in [6.07, 6.45) is 0.458. The Morgan fingerprint density at radius 3 is 2.24 bits per heavy atom. The smallest absolute Gasteiger partial charge is 0.297 e.